The highest BCUT2D eigenvalue weighted by atomic mass is 31.2. The summed E-state index contributed by atoms with van der Waals surface area (Å²) < 4.78 is 34.0. The van der Waals surface area contributed by atoms with E-state index < -0.39 is 27.1 Å². The average Bonchev–Trinajstić information content (AvgIpc) is 2.79. The van der Waals surface area contributed by atoms with Crippen molar-refractivity contribution in [1.29, 1.82) is 0 Å². The molecule has 1 saturated heterocycles. The number of carbonyl (C=O) groups is 1. The number of piperidine rings is 1. The molecule has 0 radical (unpaired) electrons. The van der Waals surface area contributed by atoms with E-state index in [-0.39, 0.29) is 18.9 Å². The van der Waals surface area contributed by atoms with Crippen molar-refractivity contribution in [2.75, 3.05) is 33.9 Å². The smallest absolute Gasteiger partial charge is 0.342 e. The van der Waals surface area contributed by atoms with Gasteiger partial charge < -0.3 is 29.0 Å². The largest absolute Gasteiger partial charge is 0.497 e. The molecule has 0 spiro atoms. The highest BCUT2D eigenvalue weighted by molar-refractivity contribution is 7.70. The standard InChI is InChI=1S/C23H27NO9P2/c1-32-20-7-3-16(4-8-20)11-18-13-24(15-22(34(26,27)28)35(29,30)31)14-19(23(18)25)12-17-5-9-21(33-2)10-6-17/h3-12,22H,13-15H2,1-2H3,(H2,26,27,28)(H2,29,30,31)/b18-11+,19-12+. The predicted molar refractivity (Wildman–Crippen MR) is 131 cm³/mol. The van der Waals surface area contributed by atoms with Crippen LogP contribution in [0.2, 0.25) is 0 Å². The first-order valence-electron chi connectivity index (χ1n) is 10.5. The molecule has 1 fully saturated rings. The Balaban J connectivity index is 2.00. The van der Waals surface area contributed by atoms with E-state index in [1.54, 1.807) is 60.7 Å². The van der Waals surface area contributed by atoms with Crippen molar-refractivity contribution in [2.24, 2.45) is 0 Å². The SMILES string of the molecule is COc1ccc(/C=C2\CN(CC(P(=O)(O)O)P(=O)(O)O)C/C(=C\c3ccc(OC)cc3)C2=O)cc1. The van der Waals surface area contributed by atoms with Crippen molar-refractivity contribution in [2.45, 2.75) is 5.40 Å². The van der Waals surface area contributed by atoms with E-state index in [0.717, 1.165) is 0 Å². The molecule has 0 unspecified atom stereocenters. The van der Waals surface area contributed by atoms with Gasteiger partial charge in [0.2, 0.25) is 0 Å². The minimum atomic E-state index is -5.13. The summed E-state index contributed by atoms with van der Waals surface area (Å²) in [4.78, 5) is 53.0. The third kappa shape index (κ3) is 7.22. The number of carbonyl (C=O) groups excluding carboxylic acids is 1. The van der Waals surface area contributed by atoms with Crippen molar-refractivity contribution >= 4 is 33.1 Å². The van der Waals surface area contributed by atoms with Crippen molar-refractivity contribution in [1.82, 2.24) is 4.90 Å². The van der Waals surface area contributed by atoms with Gasteiger partial charge in [0.25, 0.3) is 0 Å². The molecule has 1 aliphatic rings. The fourth-order valence-corrected chi connectivity index (χ4v) is 6.14. The van der Waals surface area contributed by atoms with Gasteiger partial charge in [-0.05, 0) is 47.5 Å². The quantitative estimate of drug-likeness (QED) is 0.300. The van der Waals surface area contributed by atoms with Crippen molar-refractivity contribution < 1.29 is 43.0 Å². The minimum absolute atomic E-state index is 0.0404. The summed E-state index contributed by atoms with van der Waals surface area (Å²) in [7, 11) is -7.19. The van der Waals surface area contributed by atoms with E-state index in [2.05, 4.69) is 0 Å². The van der Waals surface area contributed by atoms with Gasteiger partial charge in [0.15, 0.2) is 11.2 Å². The molecule has 1 aliphatic heterocycles. The van der Waals surface area contributed by atoms with Crippen LogP contribution in [0.4, 0.5) is 0 Å². The number of hydrogen-bond acceptors (Lipinski definition) is 6. The van der Waals surface area contributed by atoms with Crippen LogP contribution < -0.4 is 9.47 Å². The topological polar surface area (TPSA) is 154 Å². The number of Topliss-reactive ketones (excluding diaryl/α,β-unsaturated/α-hetero) is 1. The first-order chi connectivity index (χ1) is 16.4. The van der Waals surface area contributed by atoms with Gasteiger partial charge in [0.05, 0.1) is 14.2 Å². The van der Waals surface area contributed by atoms with Gasteiger partial charge in [0.1, 0.15) is 11.5 Å². The van der Waals surface area contributed by atoms with E-state index in [0.29, 0.717) is 33.8 Å². The molecule has 3 rings (SSSR count). The number of benzene rings is 2. The molecule has 35 heavy (non-hydrogen) atoms. The number of ether oxygens (including phenoxy) is 2. The fourth-order valence-electron chi connectivity index (χ4n) is 3.68. The van der Waals surface area contributed by atoms with E-state index in [4.69, 9.17) is 9.47 Å². The van der Waals surface area contributed by atoms with Crippen LogP contribution in [0.1, 0.15) is 11.1 Å². The fraction of sp³-hybridized carbons (Fsp3) is 0.261. The van der Waals surface area contributed by atoms with Crippen LogP contribution in [0.25, 0.3) is 12.2 Å². The third-order valence-corrected chi connectivity index (χ3v) is 9.17. The lowest BCUT2D eigenvalue weighted by molar-refractivity contribution is -0.113. The Morgan fingerprint density at radius 2 is 1.17 bits per heavy atom. The molecule has 2 aromatic carbocycles. The maximum absolute atomic E-state index is 13.3. The number of rotatable bonds is 8. The molecule has 0 amide bonds. The van der Waals surface area contributed by atoms with Crippen LogP contribution in [0, 0.1) is 0 Å². The van der Waals surface area contributed by atoms with Gasteiger partial charge in [-0.3, -0.25) is 18.8 Å². The molecule has 1 heterocycles. The second kappa shape index (κ2) is 11.0. The lowest BCUT2D eigenvalue weighted by Crippen LogP contribution is -2.41. The maximum atomic E-state index is 13.3. The highest BCUT2D eigenvalue weighted by Gasteiger charge is 2.45. The monoisotopic (exact) mass is 523 g/mol. The highest BCUT2D eigenvalue weighted by Crippen LogP contribution is 2.60. The zero-order chi connectivity index (χ0) is 25.8. The van der Waals surface area contributed by atoms with Gasteiger partial charge in [-0.1, -0.05) is 24.3 Å². The van der Waals surface area contributed by atoms with Crippen LogP contribution in [-0.2, 0) is 13.9 Å². The normalized spacial score (nSPS) is 17.9. The zero-order valence-corrected chi connectivity index (χ0v) is 20.9. The second-order valence-electron chi connectivity index (χ2n) is 8.04. The molecule has 4 N–H and O–H groups in total. The molecular formula is C23H27NO9P2. The summed E-state index contributed by atoms with van der Waals surface area (Å²) in [5.74, 6) is 1.00. The van der Waals surface area contributed by atoms with Crippen LogP contribution in [0.15, 0.2) is 59.7 Å². The Morgan fingerprint density at radius 3 is 1.49 bits per heavy atom. The first-order valence-corrected chi connectivity index (χ1v) is 13.8. The first kappa shape index (κ1) is 27.0. The van der Waals surface area contributed by atoms with Crippen molar-refractivity contribution in [3.8, 4) is 11.5 Å². The Kier molecular flexibility index (Phi) is 8.51. The summed E-state index contributed by atoms with van der Waals surface area (Å²) >= 11 is 0. The molecule has 0 saturated carbocycles. The molecule has 188 valence electrons. The molecule has 0 aromatic heterocycles. The number of likely N-dealkylation sites (tertiary alicyclic amines) is 1. The Morgan fingerprint density at radius 1 is 0.800 bits per heavy atom. The molecule has 10 nitrogen and oxygen atoms in total. The summed E-state index contributed by atoms with van der Waals surface area (Å²) in [5.41, 5.74) is 2.02. The summed E-state index contributed by atoms with van der Waals surface area (Å²) in [6, 6.07) is 13.9. The zero-order valence-electron chi connectivity index (χ0n) is 19.1. The molecule has 0 bridgehead atoms. The number of hydrogen-bond donors (Lipinski definition) is 4. The number of methoxy groups -OCH3 is 2. The Labute approximate surface area is 202 Å². The van der Waals surface area contributed by atoms with Gasteiger partial charge >= 0.3 is 15.2 Å². The van der Waals surface area contributed by atoms with Crippen LogP contribution in [-0.4, -0.2) is 69.5 Å². The summed E-state index contributed by atoms with van der Waals surface area (Å²) in [5, 5.41) is -2.20. The lowest BCUT2D eigenvalue weighted by Gasteiger charge is -2.33. The second-order valence-corrected chi connectivity index (χ2v) is 12.1. The number of nitrogens with zero attached hydrogens (tertiary/aromatic N) is 1. The van der Waals surface area contributed by atoms with Crippen LogP contribution >= 0.6 is 15.2 Å². The van der Waals surface area contributed by atoms with E-state index in [9.17, 15) is 33.5 Å². The molecule has 0 aliphatic carbocycles. The molecule has 0 atom stereocenters. The van der Waals surface area contributed by atoms with Crippen LogP contribution in [0.3, 0.4) is 0 Å². The van der Waals surface area contributed by atoms with Crippen molar-refractivity contribution in [3.05, 3.63) is 70.8 Å². The Bertz CT molecular complexity index is 1120. The maximum Gasteiger partial charge on any atom is 0.342 e. The van der Waals surface area contributed by atoms with E-state index in [1.807, 2.05) is 0 Å². The van der Waals surface area contributed by atoms with Gasteiger partial charge in [0, 0.05) is 30.8 Å². The van der Waals surface area contributed by atoms with Gasteiger partial charge in [-0.2, -0.15) is 0 Å². The van der Waals surface area contributed by atoms with Gasteiger partial charge in [-0.15, -0.1) is 0 Å². The Hall–Kier alpha value is -2.55. The molecular weight excluding hydrogens is 496 g/mol. The third-order valence-electron chi connectivity index (χ3n) is 5.48. The van der Waals surface area contributed by atoms with E-state index >= 15 is 0 Å². The lowest BCUT2D eigenvalue weighted by atomic mass is 9.94. The van der Waals surface area contributed by atoms with Gasteiger partial charge in [-0.25, -0.2) is 0 Å². The van der Waals surface area contributed by atoms with E-state index in [1.165, 1.54) is 19.1 Å². The predicted octanol–water partition coefficient (Wildman–Crippen LogP) is 2.74. The summed E-state index contributed by atoms with van der Waals surface area (Å²) in [6.07, 6.45) is 3.28. The summed E-state index contributed by atoms with van der Waals surface area (Å²) in [6.45, 7) is -0.676. The number of ketones is 1. The molecule has 2 aromatic rings. The minimum Gasteiger partial charge on any atom is -0.497 e. The molecule has 12 heteroatoms. The van der Waals surface area contributed by atoms with Crippen molar-refractivity contribution in [3.63, 3.8) is 0 Å². The van der Waals surface area contributed by atoms with Crippen LogP contribution in [0.5, 0.6) is 11.5 Å². The average molecular weight is 523 g/mol.